The van der Waals surface area contributed by atoms with E-state index < -0.39 is 5.91 Å². The molecule has 0 rings (SSSR count). The Morgan fingerprint density at radius 1 is 1.00 bits per heavy atom. The average Bonchev–Trinajstić information content (AvgIpc) is 2.43. The van der Waals surface area contributed by atoms with Crippen molar-refractivity contribution in [2.24, 2.45) is 0 Å². The number of rotatable bonds is 13. The molecule has 112 valence electrons. The average molecular weight is 295 g/mol. The molecular formula is C11H21NO6S. The highest BCUT2D eigenvalue weighted by Gasteiger charge is 1.92. The summed E-state index contributed by atoms with van der Waals surface area (Å²) in [5.74, 6) is 0.0619. The number of carbonyl (C=O) groups is 1. The van der Waals surface area contributed by atoms with Crippen LogP contribution >= 0.6 is 12.6 Å². The first-order valence-corrected chi connectivity index (χ1v) is 6.50. The Hall–Kier alpha value is -0.800. The number of amides is 1. The van der Waals surface area contributed by atoms with E-state index in [1.54, 1.807) is 0 Å². The van der Waals surface area contributed by atoms with Gasteiger partial charge < -0.3 is 18.9 Å². The van der Waals surface area contributed by atoms with Gasteiger partial charge in [0.2, 0.25) is 0 Å². The minimum Gasteiger partial charge on any atom is -0.499 e. The Bertz CT molecular complexity index is 239. The zero-order chi connectivity index (χ0) is 14.2. The fourth-order valence-corrected chi connectivity index (χ4v) is 1.06. The highest BCUT2D eigenvalue weighted by molar-refractivity contribution is 7.80. The van der Waals surface area contributed by atoms with Crippen LogP contribution in [0.3, 0.4) is 0 Å². The molecule has 0 unspecified atom stereocenters. The molecule has 0 bridgehead atoms. The molecule has 0 atom stereocenters. The number of ether oxygens (including phenoxy) is 4. The van der Waals surface area contributed by atoms with Gasteiger partial charge in [-0.15, -0.1) is 0 Å². The maximum Gasteiger partial charge on any atom is 0.270 e. The molecule has 0 aromatic carbocycles. The second kappa shape index (κ2) is 15.3. The van der Waals surface area contributed by atoms with Crippen molar-refractivity contribution in [2.75, 3.05) is 52.0 Å². The van der Waals surface area contributed by atoms with Crippen LogP contribution in [-0.2, 0) is 23.7 Å². The van der Waals surface area contributed by atoms with Gasteiger partial charge in [0.15, 0.2) is 0 Å². The van der Waals surface area contributed by atoms with E-state index in [1.165, 1.54) is 11.7 Å². The number of hydrogen-bond acceptors (Lipinski definition) is 7. The minimum atomic E-state index is -0.644. The molecule has 0 aliphatic carbocycles. The third kappa shape index (κ3) is 15.1. The van der Waals surface area contributed by atoms with E-state index in [1.807, 2.05) is 0 Å². The molecule has 7 nitrogen and oxygen atoms in total. The molecule has 19 heavy (non-hydrogen) atoms. The minimum absolute atomic E-state index is 0.320. The van der Waals surface area contributed by atoms with Crippen LogP contribution in [0.1, 0.15) is 0 Å². The van der Waals surface area contributed by atoms with Gasteiger partial charge >= 0.3 is 0 Å². The van der Waals surface area contributed by atoms with Crippen LogP contribution in [-0.4, -0.2) is 63.1 Å². The summed E-state index contributed by atoms with van der Waals surface area (Å²) in [4.78, 5) is 10.5. The van der Waals surface area contributed by atoms with E-state index in [-0.39, 0.29) is 0 Å². The van der Waals surface area contributed by atoms with E-state index in [4.69, 9.17) is 24.2 Å². The van der Waals surface area contributed by atoms with Crippen molar-refractivity contribution in [1.29, 1.82) is 0 Å². The maximum absolute atomic E-state index is 10.5. The number of nitrogens with one attached hydrogen (secondary N) is 1. The van der Waals surface area contributed by atoms with Crippen molar-refractivity contribution in [3.05, 3.63) is 12.3 Å². The van der Waals surface area contributed by atoms with Gasteiger partial charge in [-0.25, -0.2) is 5.48 Å². The summed E-state index contributed by atoms with van der Waals surface area (Å²) in [6.07, 6.45) is 2.25. The fourth-order valence-electron chi connectivity index (χ4n) is 0.929. The summed E-state index contributed by atoms with van der Waals surface area (Å²) in [6.45, 7) is 3.39. The summed E-state index contributed by atoms with van der Waals surface area (Å²) in [5.41, 5.74) is 1.44. The molecule has 0 spiro atoms. The number of carbonyl (C=O) groups excluding carboxylic acids is 1. The summed E-state index contributed by atoms with van der Waals surface area (Å²) >= 11 is 4.01. The van der Waals surface area contributed by atoms with Gasteiger partial charge in [-0.1, -0.05) is 0 Å². The smallest absolute Gasteiger partial charge is 0.270 e. The van der Waals surface area contributed by atoms with Gasteiger partial charge in [0.05, 0.1) is 45.9 Å². The summed E-state index contributed by atoms with van der Waals surface area (Å²) in [6, 6.07) is 0. The molecule has 0 aromatic heterocycles. The SMILES string of the molecule is O=C(/C=C/OCCOCCOCCOCCS)NO. The summed E-state index contributed by atoms with van der Waals surface area (Å²) in [5, 5.41) is 8.17. The highest BCUT2D eigenvalue weighted by atomic mass is 32.1. The molecule has 0 aromatic rings. The van der Waals surface area contributed by atoms with Gasteiger partial charge in [0, 0.05) is 11.8 Å². The van der Waals surface area contributed by atoms with Crippen LogP contribution < -0.4 is 5.48 Å². The monoisotopic (exact) mass is 295 g/mol. The lowest BCUT2D eigenvalue weighted by atomic mass is 10.6. The number of hydroxylamine groups is 1. The third-order valence-corrected chi connectivity index (χ3v) is 1.93. The Morgan fingerprint density at radius 3 is 2.05 bits per heavy atom. The third-order valence-electron chi connectivity index (χ3n) is 1.75. The topological polar surface area (TPSA) is 86.3 Å². The number of hydrogen-bond donors (Lipinski definition) is 3. The second-order valence-corrected chi connectivity index (χ2v) is 3.66. The summed E-state index contributed by atoms with van der Waals surface area (Å²) in [7, 11) is 0. The van der Waals surface area contributed by atoms with E-state index in [0.717, 1.165) is 6.08 Å². The number of thiol groups is 1. The Labute approximate surface area is 118 Å². The molecule has 0 radical (unpaired) electrons. The predicted molar refractivity (Wildman–Crippen MR) is 71.3 cm³/mol. The fraction of sp³-hybridized carbons (Fsp3) is 0.727. The van der Waals surface area contributed by atoms with Crippen LogP contribution in [0.15, 0.2) is 12.3 Å². The van der Waals surface area contributed by atoms with Crippen molar-refractivity contribution in [3.8, 4) is 0 Å². The van der Waals surface area contributed by atoms with Crippen molar-refractivity contribution < 1.29 is 28.9 Å². The zero-order valence-corrected chi connectivity index (χ0v) is 11.6. The zero-order valence-electron chi connectivity index (χ0n) is 10.7. The molecule has 0 aliphatic heterocycles. The Balaban J connectivity index is 3.07. The lowest BCUT2D eigenvalue weighted by molar-refractivity contribution is -0.124. The first-order valence-electron chi connectivity index (χ1n) is 5.87. The van der Waals surface area contributed by atoms with E-state index in [2.05, 4.69) is 12.6 Å². The van der Waals surface area contributed by atoms with E-state index in [9.17, 15) is 4.79 Å². The lowest BCUT2D eigenvalue weighted by Gasteiger charge is -2.06. The Morgan fingerprint density at radius 2 is 1.53 bits per heavy atom. The van der Waals surface area contributed by atoms with Gasteiger partial charge in [-0.05, 0) is 0 Å². The van der Waals surface area contributed by atoms with Crippen molar-refractivity contribution >= 4 is 18.5 Å². The van der Waals surface area contributed by atoms with Crippen LogP contribution in [0.5, 0.6) is 0 Å². The van der Waals surface area contributed by atoms with Gasteiger partial charge in [-0.3, -0.25) is 10.0 Å². The maximum atomic E-state index is 10.5. The van der Waals surface area contributed by atoms with Gasteiger partial charge in [-0.2, -0.15) is 12.6 Å². The molecule has 0 aliphatic rings. The predicted octanol–water partition coefficient (Wildman–Crippen LogP) is 0.00170. The van der Waals surface area contributed by atoms with Gasteiger partial charge in [0.25, 0.3) is 5.91 Å². The lowest BCUT2D eigenvalue weighted by Crippen LogP contribution is -2.15. The molecular weight excluding hydrogens is 274 g/mol. The van der Waals surface area contributed by atoms with Crippen LogP contribution in [0, 0.1) is 0 Å². The standard InChI is InChI=1S/C11H21NO6S/c13-11(12-14)1-2-15-3-4-16-5-6-17-7-8-18-9-10-19/h1-2,14,19H,3-10H2,(H,12,13)/b2-1+. The molecule has 0 saturated carbocycles. The molecule has 0 heterocycles. The second-order valence-electron chi connectivity index (χ2n) is 3.21. The van der Waals surface area contributed by atoms with Crippen LogP contribution in [0.25, 0.3) is 0 Å². The van der Waals surface area contributed by atoms with Gasteiger partial charge in [0.1, 0.15) is 6.61 Å². The molecule has 0 saturated heterocycles. The van der Waals surface area contributed by atoms with E-state index >= 15 is 0 Å². The Kier molecular flexibility index (Phi) is 14.6. The molecule has 2 N–H and O–H groups in total. The molecule has 0 fully saturated rings. The summed E-state index contributed by atoms with van der Waals surface area (Å²) < 4.78 is 20.5. The van der Waals surface area contributed by atoms with Crippen molar-refractivity contribution in [3.63, 3.8) is 0 Å². The normalized spacial score (nSPS) is 10.8. The van der Waals surface area contributed by atoms with E-state index in [0.29, 0.717) is 52.0 Å². The molecule has 8 heteroatoms. The first-order chi connectivity index (χ1) is 9.31. The van der Waals surface area contributed by atoms with Crippen LogP contribution in [0.4, 0.5) is 0 Å². The first kappa shape index (κ1) is 18.2. The largest absolute Gasteiger partial charge is 0.499 e. The quantitative estimate of drug-likeness (QED) is 0.111. The van der Waals surface area contributed by atoms with Crippen molar-refractivity contribution in [2.45, 2.75) is 0 Å². The van der Waals surface area contributed by atoms with Crippen LogP contribution in [0.2, 0.25) is 0 Å². The highest BCUT2D eigenvalue weighted by Crippen LogP contribution is 1.84. The molecule has 1 amide bonds. The van der Waals surface area contributed by atoms with Crippen molar-refractivity contribution in [1.82, 2.24) is 5.48 Å².